The molecule has 4 nitrogen and oxygen atoms in total. The lowest BCUT2D eigenvalue weighted by atomic mass is 9.93. The first-order valence-corrected chi connectivity index (χ1v) is 6.61. The molecule has 2 saturated heterocycles. The molecule has 0 spiro atoms. The van der Waals surface area contributed by atoms with Crippen molar-refractivity contribution in [1.29, 1.82) is 0 Å². The molecule has 0 N–H and O–H groups in total. The molecule has 2 heterocycles. The van der Waals surface area contributed by atoms with Crippen LogP contribution >= 0.6 is 0 Å². The Bertz CT molecular complexity index is 263. The summed E-state index contributed by atoms with van der Waals surface area (Å²) in [5.41, 5.74) is 0. The van der Waals surface area contributed by atoms with E-state index in [1.807, 2.05) is 4.90 Å². The Morgan fingerprint density at radius 3 is 2.65 bits per heavy atom. The van der Waals surface area contributed by atoms with Crippen LogP contribution in [0.4, 0.5) is 0 Å². The first kappa shape index (κ1) is 12.8. The van der Waals surface area contributed by atoms with Crippen LogP contribution in [-0.4, -0.2) is 50.3 Å². The molecule has 17 heavy (non-hydrogen) atoms. The summed E-state index contributed by atoms with van der Waals surface area (Å²) >= 11 is 0. The van der Waals surface area contributed by atoms with Gasteiger partial charge in [0.1, 0.15) is 0 Å². The minimum Gasteiger partial charge on any atom is -0.381 e. The maximum Gasteiger partial charge on any atom is 0.225 e. The molecule has 1 amide bonds. The number of hydrogen-bond acceptors (Lipinski definition) is 3. The number of hydrogen-bond donors (Lipinski definition) is 0. The maximum absolute atomic E-state index is 12.3. The molecule has 2 fully saturated rings. The summed E-state index contributed by atoms with van der Waals surface area (Å²) in [6.45, 7) is 5.30. The van der Waals surface area contributed by atoms with Gasteiger partial charge in [-0.2, -0.15) is 0 Å². The number of amides is 1. The standard InChI is InChI=1S/C13H23NO3/c1-10-3-6-14(9-12(10)16-2)13(15)11-4-7-17-8-5-11/h10-12H,3-9H2,1-2H3. The van der Waals surface area contributed by atoms with Gasteiger partial charge >= 0.3 is 0 Å². The van der Waals surface area contributed by atoms with Crippen molar-refractivity contribution in [1.82, 2.24) is 4.90 Å². The van der Waals surface area contributed by atoms with Crippen molar-refractivity contribution >= 4 is 5.91 Å². The molecule has 98 valence electrons. The monoisotopic (exact) mass is 241 g/mol. The highest BCUT2D eigenvalue weighted by molar-refractivity contribution is 5.79. The molecule has 2 unspecified atom stereocenters. The van der Waals surface area contributed by atoms with Gasteiger partial charge < -0.3 is 14.4 Å². The Morgan fingerprint density at radius 1 is 1.29 bits per heavy atom. The van der Waals surface area contributed by atoms with Gasteiger partial charge in [0.25, 0.3) is 0 Å². The fourth-order valence-electron chi connectivity index (χ4n) is 2.74. The molecule has 0 bridgehead atoms. The Labute approximate surface area is 103 Å². The number of likely N-dealkylation sites (tertiary alicyclic amines) is 1. The van der Waals surface area contributed by atoms with E-state index in [9.17, 15) is 4.79 Å². The number of methoxy groups -OCH3 is 1. The number of carbonyl (C=O) groups is 1. The zero-order chi connectivity index (χ0) is 12.3. The molecule has 2 rings (SSSR count). The van der Waals surface area contributed by atoms with Crippen molar-refractivity contribution < 1.29 is 14.3 Å². The molecule has 0 aromatic carbocycles. The summed E-state index contributed by atoms with van der Waals surface area (Å²) in [5, 5.41) is 0. The quantitative estimate of drug-likeness (QED) is 0.731. The molecule has 0 aromatic rings. The van der Waals surface area contributed by atoms with Crippen LogP contribution in [0.25, 0.3) is 0 Å². The highest BCUT2D eigenvalue weighted by atomic mass is 16.5. The van der Waals surface area contributed by atoms with Crippen molar-refractivity contribution in [2.45, 2.75) is 32.3 Å². The van der Waals surface area contributed by atoms with Gasteiger partial charge in [-0.15, -0.1) is 0 Å². The van der Waals surface area contributed by atoms with E-state index in [1.165, 1.54) is 0 Å². The van der Waals surface area contributed by atoms with Crippen molar-refractivity contribution in [3.63, 3.8) is 0 Å². The Kier molecular flexibility index (Phi) is 4.40. The van der Waals surface area contributed by atoms with Gasteiger partial charge in [-0.25, -0.2) is 0 Å². The van der Waals surface area contributed by atoms with Crippen LogP contribution in [0.3, 0.4) is 0 Å². The van der Waals surface area contributed by atoms with Crippen molar-refractivity contribution in [2.24, 2.45) is 11.8 Å². The summed E-state index contributed by atoms with van der Waals surface area (Å²) < 4.78 is 10.8. The van der Waals surface area contributed by atoms with Crippen LogP contribution in [0, 0.1) is 11.8 Å². The molecule has 0 aliphatic carbocycles. The Morgan fingerprint density at radius 2 is 2.00 bits per heavy atom. The lowest BCUT2D eigenvalue weighted by molar-refractivity contribution is -0.143. The van der Waals surface area contributed by atoms with Crippen LogP contribution in [0.5, 0.6) is 0 Å². The summed E-state index contributed by atoms with van der Waals surface area (Å²) in [4.78, 5) is 14.3. The fourth-order valence-corrected chi connectivity index (χ4v) is 2.74. The van der Waals surface area contributed by atoms with Crippen LogP contribution < -0.4 is 0 Å². The first-order chi connectivity index (χ1) is 8.22. The number of rotatable bonds is 2. The number of ether oxygens (including phenoxy) is 2. The van der Waals surface area contributed by atoms with Gasteiger partial charge in [0.05, 0.1) is 6.10 Å². The Balaban J connectivity index is 1.90. The third-order valence-electron chi connectivity index (χ3n) is 4.07. The predicted molar refractivity (Wildman–Crippen MR) is 64.7 cm³/mol. The van der Waals surface area contributed by atoms with Gasteiger partial charge in [0.2, 0.25) is 5.91 Å². The first-order valence-electron chi connectivity index (χ1n) is 6.61. The van der Waals surface area contributed by atoms with Gasteiger partial charge in [-0.05, 0) is 25.2 Å². The SMILES string of the molecule is COC1CN(C(=O)C2CCOCC2)CCC1C. The predicted octanol–water partition coefficient (Wildman–Crippen LogP) is 1.30. The highest BCUT2D eigenvalue weighted by Crippen LogP contribution is 2.24. The Hall–Kier alpha value is -0.610. The summed E-state index contributed by atoms with van der Waals surface area (Å²) in [6.07, 6.45) is 3.01. The maximum atomic E-state index is 12.3. The van der Waals surface area contributed by atoms with E-state index >= 15 is 0 Å². The van der Waals surface area contributed by atoms with Crippen LogP contribution in [0.1, 0.15) is 26.2 Å². The lowest BCUT2D eigenvalue weighted by Crippen LogP contribution is -2.49. The second-order valence-corrected chi connectivity index (χ2v) is 5.21. The lowest BCUT2D eigenvalue weighted by Gasteiger charge is -2.38. The van der Waals surface area contributed by atoms with E-state index in [0.29, 0.717) is 11.8 Å². The highest BCUT2D eigenvalue weighted by Gasteiger charge is 2.32. The van der Waals surface area contributed by atoms with Crippen LogP contribution in [-0.2, 0) is 14.3 Å². The van der Waals surface area contributed by atoms with Crippen molar-refractivity contribution in [2.75, 3.05) is 33.4 Å². The van der Waals surface area contributed by atoms with E-state index in [2.05, 4.69) is 6.92 Å². The molecule has 2 aliphatic heterocycles. The molecule has 0 aromatic heterocycles. The minimum atomic E-state index is 0.176. The van der Waals surface area contributed by atoms with E-state index in [1.54, 1.807) is 7.11 Å². The summed E-state index contributed by atoms with van der Waals surface area (Å²) in [5.74, 6) is 1.04. The summed E-state index contributed by atoms with van der Waals surface area (Å²) in [6, 6.07) is 0. The van der Waals surface area contributed by atoms with E-state index < -0.39 is 0 Å². The van der Waals surface area contributed by atoms with Crippen LogP contribution in [0.15, 0.2) is 0 Å². The molecule has 0 saturated carbocycles. The minimum absolute atomic E-state index is 0.176. The van der Waals surface area contributed by atoms with Crippen molar-refractivity contribution in [3.8, 4) is 0 Å². The third kappa shape index (κ3) is 2.99. The van der Waals surface area contributed by atoms with Gasteiger partial charge in [0.15, 0.2) is 0 Å². The van der Waals surface area contributed by atoms with Crippen molar-refractivity contribution in [3.05, 3.63) is 0 Å². The van der Waals surface area contributed by atoms with Crippen LogP contribution in [0.2, 0.25) is 0 Å². The van der Waals surface area contributed by atoms with Gasteiger partial charge in [-0.3, -0.25) is 4.79 Å². The number of nitrogens with zero attached hydrogens (tertiary/aromatic N) is 1. The molecular weight excluding hydrogens is 218 g/mol. The van der Waals surface area contributed by atoms with E-state index in [4.69, 9.17) is 9.47 Å². The zero-order valence-electron chi connectivity index (χ0n) is 10.9. The van der Waals surface area contributed by atoms with E-state index in [-0.39, 0.29) is 12.0 Å². The zero-order valence-corrected chi connectivity index (χ0v) is 10.9. The summed E-state index contributed by atoms with van der Waals surface area (Å²) in [7, 11) is 1.74. The van der Waals surface area contributed by atoms with E-state index in [0.717, 1.165) is 45.6 Å². The normalized spacial score (nSPS) is 31.5. The molecule has 2 atom stereocenters. The average molecular weight is 241 g/mol. The van der Waals surface area contributed by atoms with Gasteiger partial charge in [0, 0.05) is 39.3 Å². The topological polar surface area (TPSA) is 38.8 Å². The fraction of sp³-hybridized carbons (Fsp3) is 0.923. The number of carbonyl (C=O) groups excluding carboxylic acids is 1. The second-order valence-electron chi connectivity index (χ2n) is 5.21. The average Bonchev–Trinajstić information content (AvgIpc) is 2.39. The molecule has 4 heteroatoms. The molecular formula is C13H23NO3. The molecule has 2 aliphatic rings. The third-order valence-corrected chi connectivity index (χ3v) is 4.07. The second kappa shape index (κ2) is 5.83. The number of piperidine rings is 1. The molecule has 0 radical (unpaired) electrons. The smallest absolute Gasteiger partial charge is 0.225 e. The largest absolute Gasteiger partial charge is 0.381 e. The van der Waals surface area contributed by atoms with Gasteiger partial charge in [-0.1, -0.05) is 6.92 Å².